The average molecular weight is 485 g/mol. The third-order valence-corrected chi connectivity index (χ3v) is 5.82. The van der Waals surface area contributed by atoms with Gasteiger partial charge in [-0.15, -0.1) is 0 Å². The quantitative estimate of drug-likeness (QED) is 0.475. The molecule has 1 unspecified atom stereocenters. The van der Waals surface area contributed by atoms with Gasteiger partial charge in [-0.2, -0.15) is 28.8 Å². The highest BCUT2D eigenvalue weighted by Gasteiger charge is 2.37. The van der Waals surface area contributed by atoms with E-state index >= 15 is 0 Å². The fraction of sp³-hybridized carbons (Fsp3) is 0.190. The zero-order valence-electron chi connectivity index (χ0n) is 17.3. The third-order valence-electron chi connectivity index (χ3n) is 5.52. The van der Waals surface area contributed by atoms with E-state index in [2.05, 4.69) is 21.1 Å². The van der Waals surface area contributed by atoms with Gasteiger partial charge in [-0.1, -0.05) is 17.7 Å². The number of hydrogen-bond acceptors (Lipinski definition) is 7. The van der Waals surface area contributed by atoms with Crippen LogP contribution in [-0.4, -0.2) is 30.7 Å². The van der Waals surface area contributed by atoms with E-state index < -0.39 is 17.4 Å². The van der Waals surface area contributed by atoms with Crippen LogP contribution in [0.4, 0.5) is 16.2 Å². The first-order chi connectivity index (χ1) is 15.4. The van der Waals surface area contributed by atoms with Gasteiger partial charge in [0.15, 0.2) is 11.6 Å². The Labute approximate surface area is 199 Å². The van der Waals surface area contributed by atoms with Crippen LogP contribution >= 0.6 is 25.1 Å². The zero-order valence-corrected chi connectivity index (χ0v) is 19.1. The Bertz CT molecular complexity index is 1490. The van der Waals surface area contributed by atoms with Crippen molar-refractivity contribution in [1.29, 1.82) is 5.26 Å². The monoisotopic (exact) mass is 484 g/mol. The Hall–Kier alpha value is -3.62. The molecule has 0 bridgehead atoms. The molecule has 4 heterocycles. The highest BCUT2D eigenvalue weighted by atomic mass is 35.5. The largest absolute Gasteiger partial charge is 0.368 e. The Morgan fingerprint density at radius 1 is 1.30 bits per heavy atom. The fourth-order valence-corrected chi connectivity index (χ4v) is 4.18. The molecule has 1 saturated heterocycles. The van der Waals surface area contributed by atoms with Crippen LogP contribution in [0.5, 0.6) is 0 Å². The first-order valence-electron chi connectivity index (χ1n) is 9.75. The SMILES string of the molecule is Cc1nc(N)nc(N2CCC2c2nn3ccc(Cl)c3c(=O)n2-c2cccc(F)c2)c1C#N.S. The second-order valence-corrected chi connectivity index (χ2v) is 7.82. The minimum absolute atomic E-state index is 0. The number of fused-ring (bicyclic) bond motifs is 1. The number of aromatic nitrogens is 5. The average Bonchev–Trinajstić information content (AvgIpc) is 3.08. The zero-order chi connectivity index (χ0) is 22.6. The summed E-state index contributed by atoms with van der Waals surface area (Å²) in [5.41, 5.74) is 6.67. The number of anilines is 2. The number of nitriles is 1. The minimum Gasteiger partial charge on any atom is -0.368 e. The number of benzene rings is 1. The molecule has 0 spiro atoms. The molecule has 1 atom stereocenters. The molecule has 9 nitrogen and oxygen atoms in total. The lowest BCUT2D eigenvalue weighted by molar-refractivity contribution is 0.422. The van der Waals surface area contributed by atoms with Crippen LogP contribution in [0.3, 0.4) is 0 Å². The lowest BCUT2D eigenvalue weighted by atomic mass is 10.0. The van der Waals surface area contributed by atoms with Crippen molar-refractivity contribution < 1.29 is 4.39 Å². The third kappa shape index (κ3) is 3.57. The summed E-state index contributed by atoms with van der Waals surface area (Å²) in [6.07, 6.45) is 2.23. The summed E-state index contributed by atoms with van der Waals surface area (Å²) in [6.45, 7) is 2.25. The number of hydrogen-bond donors (Lipinski definition) is 1. The van der Waals surface area contributed by atoms with Gasteiger partial charge in [-0.05, 0) is 37.6 Å². The number of nitrogens with two attached hydrogens (primary N) is 1. The summed E-state index contributed by atoms with van der Waals surface area (Å²) in [7, 11) is 0. The van der Waals surface area contributed by atoms with Crippen LogP contribution in [-0.2, 0) is 0 Å². The molecule has 0 amide bonds. The van der Waals surface area contributed by atoms with E-state index in [1.807, 2.05) is 4.90 Å². The minimum atomic E-state index is -0.488. The van der Waals surface area contributed by atoms with Gasteiger partial charge in [0.25, 0.3) is 5.56 Å². The lowest BCUT2D eigenvalue weighted by Gasteiger charge is -2.42. The Morgan fingerprint density at radius 2 is 2.09 bits per heavy atom. The van der Waals surface area contributed by atoms with Gasteiger partial charge < -0.3 is 10.6 Å². The van der Waals surface area contributed by atoms with Gasteiger partial charge in [0.2, 0.25) is 5.95 Å². The number of nitrogens with zero attached hydrogens (tertiary/aromatic N) is 7. The maximum Gasteiger partial charge on any atom is 0.284 e. The molecule has 2 N–H and O–H groups in total. The van der Waals surface area contributed by atoms with Crippen molar-refractivity contribution in [3.8, 4) is 11.8 Å². The molecular weight excluding hydrogens is 467 g/mol. The normalized spacial score (nSPS) is 15.1. The standard InChI is InChI=1S/C21H16ClFN8O.H2S/c1-11-14(10-24)18(27-21(25)26-11)29-7-6-16(29)19-28-30-8-5-15(22)17(30)20(32)31(19)13-4-2-3-12(23)9-13;/h2-5,8-9,16H,6-7H2,1H3,(H2,25,26,27);1H2. The van der Waals surface area contributed by atoms with Crippen LogP contribution in [0.1, 0.15) is 29.5 Å². The van der Waals surface area contributed by atoms with Gasteiger partial charge in [0, 0.05) is 12.7 Å². The fourth-order valence-electron chi connectivity index (χ4n) is 3.95. The Balaban J connectivity index is 0.00000259. The predicted octanol–water partition coefficient (Wildman–Crippen LogP) is 2.89. The molecule has 4 aromatic rings. The molecule has 1 aromatic carbocycles. The van der Waals surface area contributed by atoms with Crippen LogP contribution in [0, 0.1) is 24.1 Å². The van der Waals surface area contributed by atoms with Crippen LogP contribution < -0.4 is 16.2 Å². The number of rotatable bonds is 3. The molecule has 33 heavy (non-hydrogen) atoms. The van der Waals surface area contributed by atoms with Crippen molar-refractivity contribution in [2.45, 2.75) is 19.4 Å². The maximum absolute atomic E-state index is 14.0. The van der Waals surface area contributed by atoms with Crippen LogP contribution in [0.25, 0.3) is 11.2 Å². The number of nitrogen functional groups attached to an aromatic ring is 1. The molecule has 3 aromatic heterocycles. The molecule has 1 aliphatic heterocycles. The van der Waals surface area contributed by atoms with Gasteiger partial charge >= 0.3 is 0 Å². The lowest BCUT2D eigenvalue weighted by Crippen LogP contribution is -2.45. The topological polar surface area (TPSA) is 118 Å². The van der Waals surface area contributed by atoms with Crippen molar-refractivity contribution in [1.82, 2.24) is 24.1 Å². The predicted molar refractivity (Wildman–Crippen MR) is 127 cm³/mol. The van der Waals surface area contributed by atoms with Crippen molar-refractivity contribution in [2.24, 2.45) is 0 Å². The summed E-state index contributed by atoms with van der Waals surface area (Å²) in [5, 5.41) is 14.5. The second-order valence-electron chi connectivity index (χ2n) is 7.41. The summed E-state index contributed by atoms with van der Waals surface area (Å²) >= 11 is 6.22. The van der Waals surface area contributed by atoms with E-state index in [9.17, 15) is 14.4 Å². The molecule has 0 aliphatic carbocycles. The summed E-state index contributed by atoms with van der Waals surface area (Å²) < 4.78 is 16.8. The molecular formula is C21H18ClFN8OS. The Morgan fingerprint density at radius 3 is 2.76 bits per heavy atom. The smallest absolute Gasteiger partial charge is 0.284 e. The summed E-state index contributed by atoms with van der Waals surface area (Å²) in [6, 6.07) is 9.00. The van der Waals surface area contributed by atoms with E-state index in [0.29, 0.717) is 41.6 Å². The molecule has 0 radical (unpaired) electrons. The van der Waals surface area contributed by atoms with Crippen LogP contribution in [0.2, 0.25) is 5.02 Å². The van der Waals surface area contributed by atoms with E-state index in [4.69, 9.17) is 17.3 Å². The van der Waals surface area contributed by atoms with Crippen LogP contribution in [0.15, 0.2) is 41.3 Å². The first-order valence-corrected chi connectivity index (χ1v) is 10.1. The number of aryl methyl sites for hydroxylation is 1. The van der Waals surface area contributed by atoms with Gasteiger partial charge in [-0.25, -0.2) is 13.9 Å². The first kappa shape index (κ1) is 22.6. The molecule has 12 heteroatoms. The van der Waals surface area contributed by atoms with Gasteiger partial charge in [0.1, 0.15) is 23.0 Å². The van der Waals surface area contributed by atoms with E-state index in [0.717, 1.165) is 0 Å². The van der Waals surface area contributed by atoms with Crippen molar-refractivity contribution in [2.75, 3.05) is 17.2 Å². The van der Waals surface area contributed by atoms with Gasteiger partial charge in [-0.3, -0.25) is 9.36 Å². The maximum atomic E-state index is 14.0. The van der Waals surface area contributed by atoms with Gasteiger partial charge in [0.05, 0.1) is 22.4 Å². The van der Waals surface area contributed by atoms with E-state index in [1.54, 1.807) is 25.3 Å². The van der Waals surface area contributed by atoms with Crippen molar-refractivity contribution >= 4 is 42.4 Å². The van der Waals surface area contributed by atoms with Crippen molar-refractivity contribution in [3.63, 3.8) is 0 Å². The molecule has 5 rings (SSSR count). The summed E-state index contributed by atoms with van der Waals surface area (Å²) in [5.74, 6) is 0.299. The molecule has 0 saturated carbocycles. The number of halogens is 2. The van der Waals surface area contributed by atoms with Crippen molar-refractivity contribution in [3.05, 3.63) is 74.8 Å². The van der Waals surface area contributed by atoms with E-state index in [1.165, 1.54) is 27.3 Å². The molecule has 168 valence electrons. The molecule has 1 fully saturated rings. The second kappa shape index (κ2) is 8.38. The Kier molecular flexibility index (Phi) is 5.73. The summed E-state index contributed by atoms with van der Waals surface area (Å²) in [4.78, 5) is 23.6. The molecule has 1 aliphatic rings. The van der Waals surface area contributed by atoms with E-state index in [-0.39, 0.29) is 30.0 Å². The highest BCUT2D eigenvalue weighted by Crippen LogP contribution is 2.38. The highest BCUT2D eigenvalue weighted by molar-refractivity contribution is 7.59.